The van der Waals surface area contributed by atoms with E-state index in [1.54, 1.807) is 36.4 Å². The summed E-state index contributed by atoms with van der Waals surface area (Å²) in [7, 11) is -0.896. The highest BCUT2D eigenvalue weighted by molar-refractivity contribution is 7.92. The van der Waals surface area contributed by atoms with Gasteiger partial charge in [0, 0.05) is 55.2 Å². The van der Waals surface area contributed by atoms with Crippen LogP contribution in [0.1, 0.15) is 29.0 Å². The molecule has 0 spiro atoms. The number of likely N-dealkylation sites (tertiary alicyclic amines) is 1. The highest BCUT2D eigenvalue weighted by Crippen LogP contribution is 2.45. The maximum Gasteiger partial charge on any atom is 0.255 e. The molecule has 0 unspecified atom stereocenters. The highest BCUT2D eigenvalue weighted by Gasteiger charge is 2.51. The van der Waals surface area contributed by atoms with Gasteiger partial charge in [-0.15, -0.1) is 0 Å². The molecule has 1 saturated heterocycles. The second-order valence-electron chi connectivity index (χ2n) is 14.1. The van der Waals surface area contributed by atoms with E-state index in [1.165, 1.54) is 44.4 Å². The van der Waals surface area contributed by atoms with Crippen LogP contribution in [0.15, 0.2) is 77.2 Å². The van der Waals surface area contributed by atoms with Gasteiger partial charge in [0.2, 0.25) is 10.0 Å². The third kappa shape index (κ3) is 5.42. The first kappa shape index (κ1) is 33.4. The van der Waals surface area contributed by atoms with Crippen molar-refractivity contribution >= 4 is 60.0 Å². The summed E-state index contributed by atoms with van der Waals surface area (Å²) in [5, 5.41) is 14.4. The zero-order chi connectivity index (χ0) is 37.0. The number of β-amino-alcohol motifs (C(OH)–C–C–N with tert-alkyl or cyclic N) is 1. The summed E-state index contributed by atoms with van der Waals surface area (Å²) < 4.78 is 64.4. The van der Waals surface area contributed by atoms with Gasteiger partial charge in [0.05, 0.1) is 51.9 Å². The number of pyridine rings is 1. The standard InChI is InChI=1S/C39H34F2N6O5S/c1-42-38(48)35-26-15-25(31(45(2)53(3,50)51)17-33(26)52-37(35)21-7-11-23(40)12-8-21)28-13-14-29-36(44-28)32-16-24-27(41)5-4-6-30(24)47(32)34(43-29)18-46-19-39(49,20-46)22-9-10-22/h4-8,11-17,22,49H,9-10,18-20H2,1-3H3,(H,42,48). The fourth-order valence-corrected chi connectivity index (χ4v) is 8.18. The van der Waals surface area contributed by atoms with E-state index in [1.807, 2.05) is 10.5 Å². The molecular weight excluding hydrogens is 703 g/mol. The molecule has 1 saturated carbocycles. The first-order valence-electron chi connectivity index (χ1n) is 17.2. The Morgan fingerprint density at radius 3 is 2.47 bits per heavy atom. The summed E-state index contributed by atoms with van der Waals surface area (Å²) in [6, 6.07) is 18.9. The Morgan fingerprint density at radius 1 is 1.02 bits per heavy atom. The lowest BCUT2D eigenvalue weighted by molar-refractivity contribution is -0.117. The van der Waals surface area contributed by atoms with E-state index in [4.69, 9.17) is 14.4 Å². The molecule has 2 N–H and O–H groups in total. The number of furan rings is 1. The molecule has 2 fully saturated rings. The molecule has 2 aliphatic rings. The van der Waals surface area contributed by atoms with E-state index in [2.05, 4.69) is 10.2 Å². The second kappa shape index (κ2) is 11.8. The molecule has 5 heterocycles. The first-order chi connectivity index (χ1) is 25.3. The lowest BCUT2D eigenvalue weighted by Gasteiger charge is -2.46. The molecule has 0 atom stereocenters. The maximum absolute atomic E-state index is 15.3. The van der Waals surface area contributed by atoms with Crippen molar-refractivity contribution in [3.8, 4) is 22.6 Å². The number of sulfonamides is 1. The molecular formula is C39H34F2N6O5S. The quantitative estimate of drug-likeness (QED) is 0.191. The lowest BCUT2D eigenvalue weighted by Crippen LogP contribution is -2.62. The van der Waals surface area contributed by atoms with Gasteiger partial charge < -0.3 is 14.8 Å². The average molecular weight is 737 g/mol. The molecule has 3 aromatic carbocycles. The number of anilines is 1. The minimum atomic E-state index is -3.80. The fourth-order valence-electron chi connectivity index (χ4n) is 7.67. The zero-order valence-corrected chi connectivity index (χ0v) is 29.8. The Morgan fingerprint density at radius 2 is 1.77 bits per heavy atom. The predicted molar refractivity (Wildman–Crippen MR) is 198 cm³/mol. The smallest absolute Gasteiger partial charge is 0.255 e. The molecule has 53 heavy (non-hydrogen) atoms. The minimum absolute atomic E-state index is 0.186. The van der Waals surface area contributed by atoms with E-state index in [0.29, 0.717) is 81.0 Å². The van der Waals surface area contributed by atoms with E-state index >= 15 is 4.39 Å². The topological polar surface area (TPSA) is 133 Å². The van der Waals surface area contributed by atoms with Crippen molar-refractivity contribution < 1.29 is 31.5 Å². The number of benzene rings is 3. The van der Waals surface area contributed by atoms with Crippen molar-refractivity contribution in [1.29, 1.82) is 0 Å². The van der Waals surface area contributed by atoms with Gasteiger partial charge in [-0.05, 0) is 79.4 Å². The van der Waals surface area contributed by atoms with Gasteiger partial charge in [0.15, 0.2) is 0 Å². The van der Waals surface area contributed by atoms with Gasteiger partial charge in [0.1, 0.15) is 34.3 Å². The maximum atomic E-state index is 15.3. The molecule has 4 aromatic heterocycles. The monoisotopic (exact) mass is 736 g/mol. The summed E-state index contributed by atoms with van der Waals surface area (Å²) in [6.45, 7) is 1.51. The lowest BCUT2D eigenvalue weighted by atomic mass is 9.89. The Kier molecular flexibility index (Phi) is 7.43. The minimum Gasteiger partial charge on any atom is -0.455 e. The summed E-state index contributed by atoms with van der Waals surface area (Å²) in [5.74, 6) is -0.112. The number of carbonyl (C=O) groups excluding carboxylic acids is 1. The Balaban J connectivity index is 1.26. The van der Waals surface area contributed by atoms with Crippen LogP contribution in [0.2, 0.25) is 0 Å². The van der Waals surface area contributed by atoms with Crippen molar-refractivity contribution in [2.45, 2.75) is 25.0 Å². The molecule has 7 aromatic rings. The first-order valence-corrected chi connectivity index (χ1v) is 19.0. The Labute approximate surface area is 302 Å². The number of nitrogens with one attached hydrogen (secondary N) is 1. The average Bonchev–Trinajstić information content (AvgIpc) is 3.81. The van der Waals surface area contributed by atoms with Crippen molar-refractivity contribution in [2.24, 2.45) is 5.92 Å². The number of hydrogen-bond donors (Lipinski definition) is 2. The molecule has 1 amide bonds. The third-order valence-electron chi connectivity index (χ3n) is 10.6. The van der Waals surface area contributed by atoms with Crippen LogP contribution < -0.4 is 9.62 Å². The largest absolute Gasteiger partial charge is 0.455 e. The van der Waals surface area contributed by atoms with Gasteiger partial charge >= 0.3 is 0 Å². The predicted octanol–water partition coefficient (Wildman–Crippen LogP) is 6.11. The van der Waals surface area contributed by atoms with Crippen LogP contribution in [0, 0.1) is 17.6 Å². The van der Waals surface area contributed by atoms with Gasteiger partial charge in [-0.2, -0.15) is 0 Å². The van der Waals surface area contributed by atoms with Crippen molar-refractivity contribution in [1.82, 2.24) is 24.6 Å². The SMILES string of the molecule is CNC(=O)c1c(-c2ccc(F)cc2)oc2cc(N(C)S(C)(=O)=O)c(-c3ccc4nc(CN5CC(O)(C6CC6)C5)n5c6cccc(F)c6cc5c4n3)cc12. The number of rotatable bonds is 8. The molecule has 9 rings (SSSR count). The summed E-state index contributed by atoms with van der Waals surface area (Å²) in [6.07, 6.45) is 3.16. The number of aromatic nitrogens is 3. The van der Waals surface area contributed by atoms with Crippen molar-refractivity contribution in [3.05, 3.63) is 95.8 Å². The van der Waals surface area contributed by atoms with Crippen LogP contribution in [-0.4, -0.2) is 77.7 Å². The summed E-state index contributed by atoms with van der Waals surface area (Å²) >= 11 is 0. The van der Waals surface area contributed by atoms with E-state index in [-0.39, 0.29) is 22.6 Å². The number of halogens is 2. The second-order valence-corrected chi connectivity index (χ2v) is 16.2. The van der Waals surface area contributed by atoms with Crippen molar-refractivity contribution in [3.63, 3.8) is 0 Å². The van der Waals surface area contributed by atoms with Crippen LogP contribution in [0.4, 0.5) is 14.5 Å². The number of aliphatic hydroxyl groups is 1. The van der Waals surface area contributed by atoms with Gasteiger partial charge in [-0.3, -0.25) is 18.4 Å². The van der Waals surface area contributed by atoms with Gasteiger partial charge in [-0.1, -0.05) is 6.07 Å². The number of carbonyl (C=O) groups is 1. The number of fused-ring (bicyclic) bond motifs is 6. The van der Waals surface area contributed by atoms with Crippen LogP contribution in [0.25, 0.3) is 61.0 Å². The van der Waals surface area contributed by atoms with E-state index < -0.39 is 33.2 Å². The third-order valence-corrected chi connectivity index (χ3v) is 11.8. The van der Waals surface area contributed by atoms with Crippen LogP contribution in [-0.2, 0) is 16.6 Å². The number of nitrogens with zero attached hydrogens (tertiary/aromatic N) is 5. The van der Waals surface area contributed by atoms with E-state index in [0.717, 1.165) is 23.4 Å². The van der Waals surface area contributed by atoms with Crippen molar-refractivity contribution in [2.75, 3.05) is 37.7 Å². The van der Waals surface area contributed by atoms with Gasteiger partial charge in [-0.25, -0.2) is 27.2 Å². The highest BCUT2D eigenvalue weighted by atomic mass is 32.2. The Hall–Kier alpha value is -5.44. The normalized spacial score (nSPS) is 16.1. The van der Waals surface area contributed by atoms with Crippen LogP contribution in [0.3, 0.4) is 0 Å². The molecule has 0 radical (unpaired) electrons. The van der Waals surface area contributed by atoms with Crippen LogP contribution >= 0.6 is 0 Å². The summed E-state index contributed by atoms with van der Waals surface area (Å²) in [5.41, 5.74) is 3.42. The summed E-state index contributed by atoms with van der Waals surface area (Å²) in [4.78, 5) is 25.6. The van der Waals surface area contributed by atoms with E-state index in [9.17, 15) is 22.7 Å². The molecule has 11 nitrogen and oxygen atoms in total. The molecule has 14 heteroatoms. The Bertz CT molecular complexity index is 2770. The molecule has 1 aliphatic heterocycles. The van der Waals surface area contributed by atoms with Gasteiger partial charge in [0.25, 0.3) is 5.91 Å². The van der Waals surface area contributed by atoms with Crippen LogP contribution in [0.5, 0.6) is 0 Å². The number of amides is 1. The molecule has 1 aliphatic carbocycles. The fraction of sp³-hybridized carbons (Fsp3) is 0.256. The number of hydrogen-bond acceptors (Lipinski definition) is 8. The molecule has 0 bridgehead atoms. The molecule has 270 valence electrons. The zero-order valence-electron chi connectivity index (χ0n) is 29.0.